The van der Waals surface area contributed by atoms with Crippen LogP contribution in [0.15, 0.2) is 52.9 Å². The van der Waals surface area contributed by atoms with Crippen LogP contribution in [0.5, 0.6) is 5.75 Å². The molecule has 8 heteroatoms. The zero-order valence-electron chi connectivity index (χ0n) is 12.9. The third-order valence-corrected chi connectivity index (χ3v) is 4.36. The average Bonchev–Trinajstić information content (AvgIpc) is 3.01. The van der Waals surface area contributed by atoms with Gasteiger partial charge in [-0.2, -0.15) is 5.10 Å². The minimum Gasteiger partial charge on any atom is -0.488 e. The van der Waals surface area contributed by atoms with Crippen LogP contribution >= 0.6 is 22.9 Å². The molecule has 0 aliphatic carbocycles. The summed E-state index contributed by atoms with van der Waals surface area (Å²) >= 11 is 7.37. The number of aromatic nitrogens is 1. The lowest BCUT2D eigenvalue weighted by atomic mass is 10.2. The lowest BCUT2D eigenvalue weighted by Crippen LogP contribution is -2.02. The van der Waals surface area contributed by atoms with Crippen LogP contribution in [0, 0.1) is 5.82 Å². The molecule has 25 heavy (non-hydrogen) atoms. The van der Waals surface area contributed by atoms with Crippen LogP contribution in [0.1, 0.15) is 11.1 Å². The number of anilines is 2. The first-order valence-corrected chi connectivity index (χ1v) is 8.54. The number of halogens is 2. The minimum absolute atomic E-state index is 0.0206. The lowest BCUT2D eigenvalue weighted by Gasteiger charge is -2.10. The van der Waals surface area contributed by atoms with Crippen LogP contribution in [0.2, 0.25) is 5.02 Å². The number of nitrogens with one attached hydrogen (secondary N) is 1. The first-order valence-electron chi connectivity index (χ1n) is 7.28. The summed E-state index contributed by atoms with van der Waals surface area (Å²) in [7, 11) is 0. The molecule has 3 rings (SSSR count). The molecule has 0 saturated carbocycles. The van der Waals surface area contributed by atoms with Crippen molar-refractivity contribution >= 4 is 40.1 Å². The molecule has 0 amide bonds. The van der Waals surface area contributed by atoms with Gasteiger partial charge in [0.15, 0.2) is 0 Å². The zero-order valence-corrected chi connectivity index (χ0v) is 14.5. The molecule has 3 N–H and O–H groups in total. The van der Waals surface area contributed by atoms with Crippen molar-refractivity contribution in [1.82, 2.24) is 4.98 Å². The van der Waals surface area contributed by atoms with E-state index in [2.05, 4.69) is 15.5 Å². The van der Waals surface area contributed by atoms with Crippen molar-refractivity contribution in [3.8, 4) is 5.75 Å². The van der Waals surface area contributed by atoms with E-state index in [1.807, 2.05) is 18.2 Å². The maximum atomic E-state index is 13.8. The van der Waals surface area contributed by atoms with Gasteiger partial charge in [0.25, 0.3) is 0 Å². The van der Waals surface area contributed by atoms with Gasteiger partial charge in [0.2, 0.25) is 5.13 Å². The maximum absolute atomic E-state index is 13.8. The number of thiazole rings is 1. The van der Waals surface area contributed by atoms with E-state index in [-0.39, 0.29) is 6.61 Å². The minimum atomic E-state index is -0.401. The maximum Gasteiger partial charge on any atom is 0.205 e. The van der Waals surface area contributed by atoms with Gasteiger partial charge in [0.05, 0.1) is 11.2 Å². The monoisotopic (exact) mass is 376 g/mol. The van der Waals surface area contributed by atoms with Crippen molar-refractivity contribution in [2.24, 2.45) is 5.10 Å². The van der Waals surface area contributed by atoms with Crippen LogP contribution in [0.25, 0.3) is 0 Å². The highest BCUT2D eigenvalue weighted by Crippen LogP contribution is 2.23. The molecule has 128 valence electrons. The largest absolute Gasteiger partial charge is 0.488 e. The first-order chi connectivity index (χ1) is 12.1. The molecule has 0 bridgehead atoms. The highest BCUT2D eigenvalue weighted by Gasteiger charge is 2.09. The highest BCUT2D eigenvalue weighted by atomic mass is 35.5. The Bertz CT molecular complexity index is 880. The Morgan fingerprint density at radius 2 is 2.12 bits per heavy atom. The van der Waals surface area contributed by atoms with Gasteiger partial charge in [-0.15, -0.1) is 11.3 Å². The molecule has 3 aromatic rings. The summed E-state index contributed by atoms with van der Waals surface area (Å²) < 4.78 is 19.5. The summed E-state index contributed by atoms with van der Waals surface area (Å²) in [6.45, 7) is 0.0206. The molecular formula is C17H14ClFN4OS. The van der Waals surface area contributed by atoms with Gasteiger partial charge in [-0.25, -0.2) is 9.37 Å². The van der Waals surface area contributed by atoms with Crippen molar-refractivity contribution < 1.29 is 9.13 Å². The van der Waals surface area contributed by atoms with Gasteiger partial charge in [-0.3, -0.25) is 5.43 Å². The van der Waals surface area contributed by atoms with Gasteiger partial charge in [-0.05, 0) is 24.3 Å². The Kier molecular flexibility index (Phi) is 5.47. The topological polar surface area (TPSA) is 72.5 Å². The number of nitrogens with zero attached hydrogens (tertiary/aromatic N) is 2. The number of hydrogen-bond donors (Lipinski definition) is 2. The Hall–Kier alpha value is -2.64. The predicted octanol–water partition coefficient (Wildman–Crippen LogP) is 4.54. The van der Waals surface area contributed by atoms with Crippen LogP contribution in [0.3, 0.4) is 0 Å². The number of para-hydroxylation sites is 1. The van der Waals surface area contributed by atoms with Crippen molar-refractivity contribution in [2.75, 3.05) is 11.2 Å². The molecule has 0 aliphatic rings. The molecule has 0 unspecified atom stereocenters. The number of nitrogen functional groups attached to an aromatic ring is 1. The number of nitrogens with two attached hydrogens (primary N) is 1. The Balaban J connectivity index is 1.70. The summed E-state index contributed by atoms with van der Waals surface area (Å²) in [4.78, 5) is 4.04. The van der Waals surface area contributed by atoms with E-state index < -0.39 is 5.82 Å². The number of rotatable bonds is 6. The van der Waals surface area contributed by atoms with Crippen LogP contribution in [-0.2, 0) is 6.61 Å². The van der Waals surface area contributed by atoms with Crippen molar-refractivity contribution in [3.63, 3.8) is 0 Å². The molecule has 2 aromatic carbocycles. The third-order valence-electron chi connectivity index (χ3n) is 3.24. The molecule has 1 heterocycles. The fourth-order valence-corrected chi connectivity index (χ4v) is 2.80. The molecule has 0 aliphatic heterocycles. The lowest BCUT2D eigenvalue weighted by molar-refractivity contribution is 0.299. The summed E-state index contributed by atoms with van der Waals surface area (Å²) in [5.74, 6) is 0.598. The molecule has 0 fully saturated rings. The van der Waals surface area contributed by atoms with E-state index >= 15 is 0 Å². The second-order valence-electron chi connectivity index (χ2n) is 4.97. The van der Waals surface area contributed by atoms with Crippen LogP contribution in [0.4, 0.5) is 15.3 Å². The van der Waals surface area contributed by atoms with E-state index in [1.165, 1.54) is 17.4 Å². The number of hydrazone groups is 1. The summed E-state index contributed by atoms with van der Waals surface area (Å²) in [6, 6.07) is 11.8. The fraction of sp³-hybridized carbons (Fsp3) is 0.0588. The van der Waals surface area contributed by atoms with Crippen LogP contribution < -0.4 is 15.9 Å². The van der Waals surface area contributed by atoms with E-state index in [4.69, 9.17) is 22.1 Å². The third kappa shape index (κ3) is 4.46. The van der Waals surface area contributed by atoms with E-state index in [9.17, 15) is 4.39 Å². The molecule has 0 radical (unpaired) electrons. The van der Waals surface area contributed by atoms with Gasteiger partial charge in [0, 0.05) is 16.5 Å². The van der Waals surface area contributed by atoms with Gasteiger partial charge >= 0.3 is 0 Å². The van der Waals surface area contributed by atoms with E-state index in [0.29, 0.717) is 27.3 Å². The second kappa shape index (κ2) is 7.96. The Morgan fingerprint density at radius 3 is 2.88 bits per heavy atom. The molecule has 0 atom stereocenters. The molecule has 1 aromatic heterocycles. The second-order valence-corrected chi connectivity index (χ2v) is 6.24. The Labute approximate surface area is 152 Å². The van der Waals surface area contributed by atoms with Crippen LogP contribution in [-0.4, -0.2) is 11.2 Å². The SMILES string of the molecule is Nc1csc(NN=Cc2ccccc2OCc2c(F)cccc2Cl)n1. The normalized spacial score (nSPS) is 11.0. The quantitative estimate of drug-likeness (QED) is 0.489. The van der Waals surface area contributed by atoms with Crippen molar-refractivity contribution in [3.05, 3.63) is 69.8 Å². The van der Waals surface area contributed by atoms with Crippen molar-refractivity contribution in [2.45, 2.75) is 6.61 Å². The number of ether oxygens (including phenoxy) is 1. The molecule has 5 nitrogen and oxygen atoms in total. The highest BCUT2D eigenvalue weighted by molar-refractivity contribution is 7.14. The van der Waals surface area contributed by atoms with Crippen molar-refractivity contribution in [1.29, 1.82) is 0 Å². The standard InChI is InChI=1S/C17H14ClFN4OS/c18-13-5-3-6-14(19)12(13)9-24-15-7-2-1-4-11(15)8-21-23-17-22-16(20)10-25-17/h1-8,10H,9,20H2,(H,22,23). The Morgan fingerprint density at radius 1 is 1.28 bits per heavy atom. The summed E-state index contributed by atoms with van der Waals surface area (Å²) in [6.07, 6.45) is 1.59. The van der Waals surface area contributed by atoms with Gasteiger partial charge < -0.3 is 10.5 Å². The first kappa shape index (κ1) is 17.2. The smallest absolute Gasteiger partial charge is 0.205 e. The predicted molar refractivity (Wildman–Crippen MR) is 99.9 cm³/mol. The van der Waals surface area contributed by atoms with Gasteiger partial charge in [-0.1, -0.05) is 29.8 Å². The summed E-state index contributed by atoms with van der Waals surface area (Å²) in [5, 5.41) is 6.74. The number of hydrogen-bond acceptors (Lipinski definition) is 6. The average molecular weight is 377 g/mol. The van der Waals surface area contributed by atoms with E-state index in [1.54, 1.807) is 29.8 Å². The zero-order chi connectivity index (χ0) is 17.6. The fourth-order valence-electron chi connectivity index (χ4n) is 2.03. The molecule has 0 spiro atoms. The van der Waals surface area contributed by atoms with E-state index in [0.717, 1.165) is 5.56 Å². The number of benzene rings is 2. The molecular weight excluding hydrogens is 363 g/mol. The summed E-state index contributed by atoms with van der Waals surface area (Å²) in [5.41, 5.74) is 9.39. The van der Waals surface area contributed by atoms with Gasteiger partial charge in [0.1, 0.15) is 24.0 Å². The molecule has 0 saturated heterocycles.